The Labute approximate surface area is 149 Å². The number of fused-ring (bicyclic) bond motifs is 5. The van der Waals surface area contributed by atoms with E-state index in [1.807, 2.05) is 26.0 Å². The average molecular weight is 328 g/mol. The molecule has 5 rings (SSSR count). The van der Waals surface area contributed by atoms with Gasteiger partial charge < -0.3 is 4.42 Å². The van der Waals surface area contributed by atoms with E-state index < -0.39 is 0 Å². The Kier molecular flexibility index (Phi) is 4.31. The zero-order chi connectivity index (χ0) is 17.2. The first-order valence-corrected chi connectivity index (χ1v) is 9.17. The van der Waals surface area contributed by atoms with Crippen LogP contribution in [0.2, 0.25) is 0 Å². The first-order chi connectivity index (χ1) is 12.2. The molecule has 0 bridgehead atoms. The molecule has 0 saturated heterocycles. The summed E-state index contributed by atoms with van der Waals surface area (Å²) in [4.78, 5) is 0. The first-order valence-electron chi connectivity index (χ1n) is 9.17. The summed E-state index contributed by atoms with van der Waals surface area (Å²) in [5.74, 6) is 1.97. The minimum absolute atomic E-state index is 0.984. The summed E-state index contributed by atoms with van der Waals surface area (Å²) in [7, 11) is 0. The zero-order valence-corrected chi connectivity index (χ0v) is 15.0. The molecule has 0 atom stereocenters. The van der Waals surface area contributed by atoms with Crippen LogP contribution in [0.25, 0.3) is 21.5 Å². The van der Waals surface area contributed by atoms with Gasteiger partial charge in [-0.1, -0.05) is 48.5 Å². The lowest BCUT2D eigenvalue weighted by Gasteiger charge is -2.18. The smallest absolute Gasteiger partial charge is 0.101 e. The summed E-state index contributed by atoms with van der Waals surface area (Å²) >= 11 is 0. The van der Waals surface area contributed by atoms with Crippen LogP contribution in [-0.4, -0.2) is 0 Å². The Bertz CT molecular complexity index is 1010. The molecule has 25 heavy (non-hydrogen) atoms. The molecule has 0 unspecified atom stereocenters. The molecule has 1 aliphatic rings. The van der Waals surface area contributed by atoms with E-state index in [9.17, 15) is 0 Å². The van der Waals surface area contributed by atoms with Crippen LogP contribution in [0.5, 0.6) is 0 Å². The van der Waals surface area contributed by atoms with Crippen LogP contribution >= 0.6 is 0 Å². The fourth-order valence-corrected chi connectivity index (χ4v) is 3.90. The van der Waals surface area contributed by atoms with Crippen LogP contribution in [-0.2, 0) is 12.8 Å². The predicted molar refractivity (Wildman–Crippen MR) is 106 cm³/mol. The monoisotopic (exact) mass is 328 g/mol. The van der Waals surface area contributed by atoms with Crippen molar-refractivity contribution >= 4 is 21.5 Å². The average Bonchev–Trinajstić information content (AvgIpc) is 3.04. The first kappa shape index (κ1) is 16.0. The van der Waals surface area contributed by atoms with Gasteiger partial charge in [0, 0.05) is 0 Å². The highest BCUT2D eigenvalue weighted by Crippen LogP contribution is 2.33. The van der Waals surface area contributed by atoms with Crippen molar-refractivity contribution in [3.05, 3.63) is 83.3 Å². The Morgan fingerprint density at radius 2 is 1.36 bits per heavy atom. The highest BCUT2D eigenvalue weighted by molar-refractivity contribution is 6.08. The lowest BCUT2D eigenvalue weighted by Crippen LogP contribution is -2.02. The molecule has 4 aromatic rings. The highest BCUT2D eigenvalue weighted by Gasteiger charge is 2.13. The second-order valence-electron chi connectivity index (χ2n) is 6.95. The van der Waals surface area contributed by atoms with Crippen molar-refractivity contribution in [3.63, 3.8) is 0 Å². The number of aryl methyl sites for hydroxylation is 4. The Hall–Kier alpha value is -2.54. The molecular weight excluding hydrogens is 304 g/mol. The molecule has 1 aliphatic carbocycles. The van der Waals surface area contributed by atoms with Gasteiger partial charge in [-0.25, -0.2) is 0 Å². The Morgan fingerprint density at radius 3 is 2.12 bits per heavy atom. The second kappa shape index (κ2) is 6.76. The van der Waals surface area contributed by atoms with Crippen molar-refractivity contribution in [3.8, 4) is 0 Å². The van der Waals surface area contributed by atoms with Crippen molar-refractivity contribution in [1.29, 1.82) is 0 Å². The van der Waals surface area contributed by atoms with Gasteiger partial charge in [0.2, 0.25) is 0 Å². The molecule has 126 valence electrons. The van der Waals surface area contributed by atoms with Crippen molar-refractivity contribution in [1.82, 2.24) is 0 Å². The van der Waals surface area contributed by atoms with E-state index in [-0.39, 0.29) is 0 Å². The van der Waals surface area contributed by atoms with Crippen molar-refractivity contribution in [2.24, 2.45) is 0 Å². The van der Waals surface area contributed by atoms with Crippen molar-refractivity contribution < 1.29 is 4.42 Å². The van der Waals surface area contributed by atoms with E-state index in [1.54, 1.807) is 11.1 Å². The standard InChI is InChI=1S/C18H16.C6H8O/c1-3-7-15-13(5-1)9-11-18-16-8-4-2-6-14(16)10-12-17(15)18;1-5-3-4-6(2)7-5/h1,3,5,7,9-12H,2,4,6,8H2;3-4H,1-2H3. The van der Waals surface area contributed by atoms with Gasteiger partial charge >= 0.3 is 0 Å². The van der Waals surface area contributed by atoms with Crippen molar-refractivity contribution in [2.45, 2.75) is 39.5 Å². The van der Waals surface area contributed by atoms with Gasteiger partial charge in [-0.2, -0.15) is 0 Å². The molecule has 3 aromatic carbocycles. The quantitative estimate of drug-likeness (QED) is 0.325. The lowest BCUT2D eigenvalue weighted by atomic mass is 9.86. The third kappa shape index (κ3) is 3.19. The highest BCUT2D eigenvalue weighted by atomic mass is 16.3. The molecule has 0 fully saturated rings. The number of hydrogen-bond acceptors (Lipinski definition) is 1. The number of benzene rings is 3. The number of rotatable bonds is 0. The third-order valence-corrected chi connectivity index (χ3v) is 5.13. The minimum atomic E-state index is 0.984. The molecule has 1 heteroatoms. The van der Waals surface area contributed by atoms with E-state index in [2.05, 4.69) is 48.5 Å². The molecule has 0 saturated carbocycles. The maximum absolute atomic E-state index is 5.08. The Morgan fingerprint density at radius 1 is 0.640 bits per heavy atom. The molecule has 1 aromatic heterocycles. The van der Waals surface area contributed by atoms with Gasteiger partial charge in [-0.3, -0.25) is 0 Å². The van der Waals surface area contributed by atoms with Gasteiger partial charge in [0.15, 0.2) is 0 Å². The second-order valence-corrected chi connectivity index (χ2v) is 6.95. The van der Waals surface area contributed by atoms with Crippen LogP contribution in [0.4, 0.5) is 0 Å². The summed E-state index contributed by atoms with van der Waals surface area (Å²) in [6.07, 6.45) is 5.22. The number of hydrogen-bond donors (Lipinski definition) is 0. The van der Waals surface area contributed by atoms with Gasteiger partial charge in [0.1, 0.15) is 11.5 Å². The largest absolute Gasteiger partial charge is 0.467 e. The molecule has 0 N–H and O–H groups in total. The molecule has 1 nitrogen and oxygen atoms in total. The Balaban J connectivity index is 0.000000190. The predicted octanol–water partition coefficient (Wildman–Crippen LogP) is 6.77. The van der Waals surface area contributed by atoms with E-state index in [0.717, 1.165) is 11.5 Å². The summed E-state index contributed by atoms with van der Waals surface area (Å²) in [5, 5.41) is 5.64. The van der Waals surface area contributed by atoms with Gasteiger partial charge in [-0.15, -0.1) is 0 Å². The van der Waals surface area contributed by atoms with Gasteiger partial charge in [0.25, 0.3) is 0 Å². The third-order valence-electron chi connectivity index (χ3n) is 5.13. The SMILES string of the molecule is Cc1ccc(C)o1.c1ccc2c(c1)ccc1c3c(ccc12)CCCC3. The summed E-state index contributed by atoms with van der Waals surface area (Å²) in [6.45, 7) is 3.88. The van der Waals surface area contributed by atoms with Crippen LogP contribution in [0.3, 0.4) is 0 Å². The fraction of sp³-hybridized carbons (Fsp3) is 0.250. The molecule has 0 amide bonds. The van der Waals surface area contributed by atoms with Crippen LogP contribution in [0.1, 0.15) is 35.5 Å². The normalized spacial score (nSPS) is 13.4. The summed E-state index contributed by atoms with van der Waals surface area (Å²) in [6, 6.07) is 21.9. The maximum Gasteiger partial charge on any atom is 0.101 e. The summed E-state index contributed by atoms with van der Waals surface area (Å²) in [5.41, 5.74) is 3.17. The lowest BCUT2D eigenvalue weighted by molar-refractivity contribution is 0.504. The minimum Gasteiger partial charge on any atom is -0.467 e. The van der Waals surface area contributed by atoms with Crippen LogP contribution in [0, 0.1) is 13.8 Å². The number of furan rings is 1. The van der Waals surface area contributed by atoms with Gasteiger partial charge in [-0.05, 0) is 84.3 Å². The van der Waals surface area contributed by atoms with E-state index >= 15 is 0 Å². The fourth-order valence-electron chi connectivity index (χ4n) is 3.90. The molecule has 0 aliphatic heterocycles. The van der Waals surface area contributed by atoms with E-state index in [0.29, 0.717) is 0 Å². The molecule has 1 heterocycles. The van der Waals surface area contributed by atoms with Crippen molar-refractivity contribution in [2.75, 3.05) is 0 Å². The van der Waals surface area contributed by atoms with E-state index in [4.69, 9.17) is 4.42 Å². The topological polar surface area (TPSA) is 13.1 Å². The molecular formula is C24H24O. The van der Waals surface area contributed by atoms with E-state index in [1.165, 1.54) is 47.2 Å². The molecule has 0 radical (unpaired) electrons. The van der Waals surface area contributed by atoms with Crippen LogP contribution < -0.4 is 0 Å². The van der Waals surface area contributed by atoms with Gasteiger partial charge in [0.05, 0.1) is 0 Å². The molecule has 0 spiro atoms. The summed E-state index contributed by atoms with van der Waals surface area (Å²) < 4.78 is 5.08. The van der Waals surface area contributed by atoms with Crippen LogP contribution in [0.15, 0.2) is 65.1 Å². The maximum atomic E-state index is 5.08. The zero-order valence-electron chi connectivity index (χ0n) is 15.0.